The van der Waals surface area contributed by atoms with Gasteiger partial charge < -0.3 is 27.9 Å². The Balaban J connectivity index is 4.31. The maximum absolute atomic E-state index is 12.7. The smallest absolute Gasteiger partial charge is 0.306 e. The van der Waals surface area contributed by atoms with Crippen LogP contribution in [-0.4, -0.2) is 70.0 Å². The number of esters is 2. The van der Waals surface area contributed by atoms with Crippen LogP contribution in [0.15, 0.2) is 24.3 Å². The fourth-order valence-corrected chi connectivity index (χ4v) is 6.92. The van der Waals surface area contributed by atoms with Crippen LogP contribution in [0.5, 0.6) is 0 Å². The van der Waals surface area contributed by atoms with E-state index in [0.29, 0.717) is 17.4 Å². The number of phosphoric ester groups is 1. The van der Waals surface area contributed by atoms with E-state index < -0.39 is 26.5 Å². The summed E-state index contributed by atoms with van der Waals surface area (Å²) in [7, 11) is 1.17. The van der Waals surface area contributed by atoms with Crippen LogP contribution in [0.25, 0.3) is 0 Å². The molecule has 54 heavy (non-hydrogen) atoms. The molecule has 0 aliphatic carbocycles. The number of carbonyl (C=O) groups excluding carboxylic acids is 2. The summed E-state index contributed by atoms with van der Waals surface area (Å²) >= 11 is 0. The highest BCUT2D eigenvalue weighted by atomic mass is 31.2. The van der Waals surface area contributed by atoms with Gasteiger partial charge in [-0.25, -0.2) is 0 Å². The average molecular weight is 786 g/mol. The number of unbranched alkanes of at least 4 members (excludes halogenated alkanes) is 24. The molecule has 0 radical (unpaired) electrons. The lowest BCUT2D eigenvalue weighted by Crippen LogP contribution is -2.37. The van der Waals surface area contributed by atoms with Gasteiger partial charge in [-0.3, -0.25) is 14.2 Å². The maximum atomic E-state index is 12.7. The van der Waals surface area contributed by atoms with E-state index in [9.17, 15) is 19.0 Å². The van der Waals surface area contributed by atoms with Crippen molar-refractivity contribution in [3.05, 3.63) is 24.3 Å². The van der Waals surface area contributed by atoms with E-state index in [4.69, 9.17) is 18.5 Å². The highest BCUT2D eigenvalue weighted by molar-refractivity contribution is 7.45. The highest BCUT2D eigenvalue weighted by Crippen LogP contribution is 2.38. The maximum Gasteiger partial charge on any atom is 0.306 e. The number of quaternary nitrogens is 1. The monoisotopic (exact) mass is 786 g/mol. The Bertz CT molecular complexity index is 980. The molecule has 0 N–H and O–H groups in total. The summed E-state index contributed by atoms with van der Waals surface area (Å²) in [5.74, 6) is -0.830. The third-order valence-corrected chi connectivity index (χ3v) is 10.6. The van der Waals surface area contributed by atoms with Gasteiger partial charge in [0.05, 0.1) is 27.7 Å². The normalized spacial score (nSPS) is 13.8. The lowest BCUT2D eigenvalue weighted by Gasteiger charge is -2.28. The zero-order chi connectivity index (χ0) is 40.0. The van der Waals surface area contributed by atoms with Crippen LogP contribution in [0.4, 0.5) is 0 Å². The van der Waals surface area contributed by atoms with Crippen LogP contribution in [0.2, 0.25) is 0 Å². The Morgan fingerprint density at radius 1 is 0.556 bits per heavy atom. The van der Waals surface area contributed by atoms with Crippen molar-refractivity contribution in [3.63, 3.8) is 0 Å². The number of ether oxygens (including phenoxy) is 2. The van der Waals surface area contributed by atoms with Gasteiger partial charge in [-0.05, 0) is 52.4 Å². The highest BCUT2D eigenvalue weighted by Gasteiger charge is 2.21. The molecule has 0 rings (SSSR count). The Labute approximate surface area is 332 Å². The van der Waals surface area contributed by atoms with Crippen molar-refractivity contribution in [3.8, 4) is 0 Å². The number of likely N-dealkylation sites (N-methyl/N-ethyl adjacent to an activating group) is 1. The fourth-order valence-electron chi connectivity index (χ4n) is 6.19. The van der Waals surface area contributed by atoms with E-state index in [-0.39, 0.29) is 32.0 Å². The first-order chi connectivity index (χ1) is 26.0. The molecule has 9 nitrogen and oxygen atoms in total. The molecule has 0 fully saturated rings. The summed E-state index contributed by atoms with van der Waals surface area (Å²) in [5.41, 5.74) is 0. The second kappa shape index (κ2) is 37.1. The number of carbonyl (C=O) groups is 2. The molecule has 10 heteroatoms. The molecule has 1 unspecified atom stereocenters. The van der Waals surface area contributed by atoms with E-state index in [2.05, 4.69) is 38.2 Å². The van der Waals surface area contributed by atoms with Gasteiger partial charge in [-0.1, -0.05) is 153 Å². The van der Waals surface area contributed by atoms with Gasteiger partial charge >= 0.3 is 11.9 Å². The molecule has 318 valence electrons. The van der Waals surface area contributed by atoms with Gasteiger partial charge in [0.2, 0.25) is 0 Å². The number of hydrogen-bond acceptors (Lipinski definition) is 8. The van der Waals surface area contributed by atoms with Crippen LogP contribution in [0.1, 0.15) is 194 Å². The largest absolute Gasteiger partial charge is 0.756 e. The first kappa shape index (κ1) is 52.5. The Morgan fingerprint density at radius 2 is 0.926 bits per heavy atom. The molecule has 0 aromatic rings. The van der Waals surface area contributed by atoms with Crippen LogP contribution in [0.3, 0.4) is 0 Å². The molecular weight excluding hydrogens is 701 g/mol. The number of phosphoric acid groups is 1. The van der Waals surface area contributed by atoms with Gasteiger partial charge in [0, 0.05) is 12.8 Å². The Morgan fingerprint density at radius 3 is 1.31 bits per heavy atom. The summed E-state index contributed by atoms with van der Waals surface area (Å²) < 4.78 is 33.9. The minimum absolute atomic E-state index is 0.0291. The van der Waals surface area contributed by atoms with E-state index in [1.807, 2.05) is 21.1 Å². The van der Waals surface area contributed by atoms with Crippen molar-refractivity contribution >= 4 is 19.8 Å². The topological polar surface area (TPSA) is 111 Å². The number of hydrogen-bond donors (Lipinski definition) is 0. The summed E-state index contributed by atoms with van der Waals surface area (Å²) in [4.78, 5) is 37.5. The molecule has 0 aromatic carbocycles. The summed E-state index contributed by atoms with van der Waals surface area (Å²) in [5, 5.41) is 0. The van der Waals surface area contributed by atoms with E-state index in [1.54, 1.807) is 0 Å². The third-order valence-electron chi connectivity index (χ3n) is 9.63. The summed E-state index contributed by atoms with van der Waals surface area (Å²) in [6.07, 6.45) is 39.3. The fraction of sp³-hybridized carbons (Fsp3) is 0.864. The first-order valence-corrected chi connectivity index (χ1v) is 23.4. The molecule has 0 saturated carbocycles. The lowest BCUT2D eigenvalue weighted by molar-refractivity contribution is -0.870. The number of allylic oxidation sites excluding steroid dienone is 4. The second-order valence-electron chi connectivity index (χ2n) is 16.1. The zero-order valence-corrected chi connectivity index (χ0v) is 36.6. The van der Waals surface area contributed by atoms with Crippen molar-refractivity contribution < 1.29 is 42.1 Å². The third kappa shape index (κ3) is 40.2. The first-order valence-electron chi connectivity index (χ1n) is 22.0. The summed E-state index contributed by atoms with van der Waals surface area (Å²) in [6, 6.07) is 0. The van der Waals surface area contributed by atoms with Crippen LogP contribution < -0.4 is 4.89 Å². The minimum Gasteiger partial charge on any atom is -0.756 e. The van der Waals surface area contributed by atoms with Gasteiger partial charge in [0.25, 0.3) is 7.82 Å². The quantitative estimate of drug-likeness (QED) is 0.0198. The molecule has 0 saturated heterocycles. The SMILES string of the molecule is C/C=C\CCCCCCCCCCCCCCC(=O)OC[C@H](COP(=O)([O-])OCC[N+](C)(C)C)OC(=O)CCCCCCCCCCCCCC/C=C\C. The molecule has 0 heterocycles. The van der Waals surface area contributed by atoms with Crippen molar-refractivity contribution in [1.82, 2.24) is 0 Å². The molecule has 0 amide bonds. The van der Waals surface area contributed by atoms with Crippen LogP contribution in [0, 0.1) is 0 Å². The van der Waals surface area contributed by atoms with E-state index >= 15 is 0 Å². The molecule has 0 aliphatic rings. The van der Waals surface area contributed by atoms with Gasteiger partial charge in [-0.15, -0.1) is 0 Å². The van der Waals surface area contributed by atoms with E-state index in [0.717, 1.165) is 38.5 Å². The van der Waals surface area contributed by atoms with E-state index in [1.165, 1.54) is 122 Å². The molecule has 0 aromatic heterocycles. The van der Waals surface area contributed by atoms with Crippen molar-refractivity contribution in [2.45, 2.75) is 200 Å². The summed E-state index contributed by atoms with van der Waals surface area (Å²) in [6.45, 7) is 3.89. The van der Waals surface area contributed by atoms with Crippen LogP contribution >= 0.6 is 7.82 Å². The predicted molar refractivity (Wildman–Crippen MR) is 222 cm³/mol. The van der Waals surface area contributed by atoms with Crippen LogP contribution in [-0.2, 0) is 32.7 Å². The number of rotatable bonds is 40. The number of nitrogens with zero attached hydrogens (tertiary/aromatic N) is 1. The average Bonchev–Trinajstić information content (AvgIpc) is 3.12. The minimum atomic E-state index is -4.62. The standard InChI is InChI=1S/C44H84NO8P/c1-6-8-10-12-14-16-18-20-22-24-26-28-30-32-34-36-43(46)50-40-42(41-52-54(48,49)51-39-38-45(3,4)5)53-44(47)37-35-33-31-29-27-25-23-21-19-17-15-13-11-9-7-2/h6-9,42H,10-41H2,1-5H3/b8-6-,9-7-/t42-/m1/s1. The molecule has 2 atom stereocenters. The predicted octanol–water partition coefficient (Wildman–Crippen LogP) is 11.7. The van der Waals surface area contributed by atoms with Gasteiger partial charge in [0.1, 0.15) is 19.8 Å². The Hall–Kier alpha value is -1.51. The molecule has 0 spiro atoms. The molecule has 0 bridgehead atoms. The molecular formula is C44H84NO8P. The van der Waals surface area contributed by atoms with Gasteiger partial charge in [0.15, 0.2) is 6.10 Å². The lowest BCUT2D eigenvalue weighted by atomic mass is 10.0. The zero-order valence-electron chi connectivity index (χ0n) is 35.7. The van der Waals surface area contributed by atoms with Crippen molar-refractivity contribution in [2.24, 2.45) is 0 Å². The van der Waals surface area contributed by atoms with Gasteiger partial charge in [-0.2, -0.15) is 0 Å². The second-order valence-corrected chi connectivity index (χ2v) is 17.5. The Kier molecular flexibility index (Phi) is 36.1. The van der Waals surface area contributed by atoms with Crippen molar-refractivity contribution in [2.75, 3.05) is 47.5 Å². The molecule has 0 aliphatic heterocycles. The van der Waals surface area contributed by atoms with Crippen molar-refractivity contribution in [1.29, 1.82) is 0 Å².